The third-order valence-corrected chi connectivity index (χ3v) is 7.97. The topological polar surface area (TPSA) is 45.6 Å². The maximum atomic E-state index is 15.6. The Morgan fingerprint density at radius 1 is 1.14 bits per heavy atom. The monoisotopic (exact) mass is 516 g/mol. The number of alkyl halides is 1. The van der Waals surface area contributed by atoms with Crippen molar-refractivity contribution in [1.29, 1.82) is 0 Å². The Morgan fingerprint density at radius 2 is 1.89 bits per heavy atom. The van der Waals surface area contributed by atoms with Crippen molar-refractivity contribution in [3.05, 3.63) is 70.6 Å². The van der Waals surface area contributed by atoms with Crippen LogP contribution in [0.25, 0.3) is 10.9 Å². The molecular weight excluding hydrogens is 482 g/mol. The molecule has 36 heavy (non-hydrogen) atoms. The molecule has 4 rings (SSSR count). The Kier molecular flexibility index (Phi) is 9.15. The summed E-state index contributed by atoms with van der Waals surface area (Å²) in [4.78, 5) is 6.76. The van der Waals surface area contributed by atoms with Gasteiger partial charge in [0.1, 0.15) is 17.7 Å². The lowest BCUT2D eigenvalue weighted by molar-refractivity contribution is 0.0298. The van der Waals surface area contributed by atoms with Gasteiger partial charge in [-0.2, -0.15) is 0 Å². The van der Waals surface area contributed by atoms with Crippen molar-refractivity contribution in [2.75, 3.05) is 33.4 Å². The van der Waals surface area contributed by atoms with Crippen molar-refractivity contribution in [1.82, 2.24) is 9.88 Å². The van der Waals surface area contributed by atoms with Crippen LogP contribution in [0.2, 0.25) is 5.02 Å². The van der Waals surface area contributed by atoms with Gasteiger partial charge in [-0.1, -0.05) is 23.7 Å². The summed E-state index contributed by atoms with van der Waals surface area (Å²) in [5.74, 6) is 0.438. The molecule has 0 unspecified atom stereocenters. The van der Waals surface area contributed by atoms with Gasteiger partial charge in [0.2, 0.25) is 0 Å². The van der Waals surface area contributed by atoms with Crippen LogP contribution in [0, 0.1) is 11.2 Å². The Morgan fingerprint density at radius 3 is 2.58 bits per heavy atom. The third-order valence-electron chi connectivity index (χ3n) is 7.66. The normalized spacial score (nSPS) is 16.8. The lowest BCUT2D eigenvalue weighted by Crippen LogP contribution is -2.42. The molecule has 1 aliphatic heterocycles. The molecule has 3 aromatic rings. The largest absolute Gasteiger partial charge is 0.497 e. The number of unbranched alkanes of at least 4 members (excludes halogenated alkanes) is 1. The van der Waals surface area contributed by atoms with E-state index in [0.717, 1.165) is 57.3 Å². The predicted octanol–water partition coefficient (Wildman–Crippen LogP) is 6.92. The minimum absolute atomic E-state index is 0.0662. The molecule has 7 heteroatoms. The number of piperidine rings is 1. The zero-order valence-electron chi connectivity index (χ0n) is 20.9. The van der Waals surface area contributed by atoms with Crippen molar-refractivity contribution in [3.8, 4) is 5.75 Å². The van der Waals surface area contributed by atoms with E-state index in [4.69, 9.17) is 16.3 Å². The van der Waals surface area contributed by atoms with Crippen LogP contribution in [-0.4, -0.2) is 48.3 Å². The van der Waals surface area contributed by atoms with E-state index in [0.29, 0.717) is 40.1 Å². The molecule has 1 fully saturated rings. The number of aryl methyl sites for hydroxylation is 1. The predicted molar refractivity (Wildman–Crippen MR) is 141 cm³/mol. The number of aliphatic hydroxyl groups excluding tert-OH is 1. The van der Waals surface area contributed by atoms with Crippen LogP contribution >= 0.6 is 11.6 Å². The maximum Gasteiger partial charge on any atom is 0.127 e. The number of aromatic nitrogens is 1. The van der Waals surface area contributed by atoms with E-state index in [1.807, 2.05) is 18.2 Å². The van der Waals surface area contributed by atoms with Crippen molar-refractivity contribution in [2.24, 2.45) is 5.41 Å². The second-order valence-corrected chi connectivity index (χ2v) is 10.4. The van der Waals surface area contributed by atoms with Gasteiger partial charge in [0.25, 0.3) is 0 Å². The molecule has 0 aliphatic carbocycles. The average molecular weight is 517 g/mol. The SMILES string of the molecule is COc1ccc2ncc(Cl)c([C@@H](F)CCC3(CO)CCN(CCCCc4ccc(F)cc4)CC3)c2c1. The Labute approximate surface area is 217 Å². The van der Waals surface area contributed by atoms with Gasteiger partial charge in [0.15, 0.2) is 0 Å². The van der Waals surface area contributed by atoms with Gasteiger partial charge in [-0.15, -0.1) is 0 Å². The second kappa shape index (κ2) is 12.3. The number of halogens is 3. The molecule has 0 radical (unpaired) electrons. The van der Waals surface area contributed by atoms with E-state index < -0.39 is 6.17 Å². The van der Waals surface area contributed by atoms with E-state index in [1.165, 1.54) is 18.3 Å². The van der Waals surface area contributed by atoms with Crippen LogP contribution < -0.4 is 4.74 Å². The van der Waals surface area contributed by atoms with E-state index >= 15 is 4.39 Å². The number of likely N-dealkylation sites (tertiary alicyclic amines) is 1. The Bertz CT molecular complexity index is 1130. The summed E-state index contributed by atoms with van der Waals surface area (Å²) in [6.45, 7) is 2.89. The summed E-state index contributed by atoms with van der Waals surface area (Å²) in [5, 5.41) is 11.2. The molecule has 1 N–H and O–H groups in total. The zero-order chi connectivity index (χ0) is 25.5. The van der Waals surface area contributed by atoms with E-state index in [9.17, 15) is 9.50 Å². The summed E-state index contributed by atoms with van der Waals surface area (Å²) < 4.78 is 34.0. The summed E-state index contributed by atoms with van der Waals surface area (Å²) in [6, 6.07) is 12.1. The molecule has 194 valence electrons. The smallest absolute Gasteiger partial charge is 0.127 e. The Hall–Kier alpha value is -2.28. The number of fused-ring (bicyclic) bond motifs is 1. The first kappa shape index (κ1) is 26.8. The van der Waals surface area contributed by atoms with E-state index in [1.54, 1.807) is 19.2 Å². The summed E-state index contributed by atoms with van der Waals surface area (Å²) >= 11 is 6.39. The molecule has 1 aliphatic rings. The highest BCUT2D eigenvalue weighted by atomic mass is 35.5. The lowest BCUT2D eigenvalue weighted by Gasteiger charge is -2.41. The zero-order valence-corrected chi connectivity index (χ0v) is 21.6. The molecule has 4 nitrogen and oxygen atoms in total. The van der Waals surface area contributed by atoms with Crippen molar-refractivity contribution in [2.45, 2.75) is 51.1 Å². The van der Waals surface area contributed by atoms with Crippen LogP contribution in [0.4, 0.5) is 8.78 Å². The van der Waals surface area contributed by atoms with Gasteiger partial charge >= 0.3 is 0 Å². The molecule has 0 spiro atoms. The summed E-state index contributed by atoms with van der Waals surface area (Å²) in [6.07, 6.45) is 5.96. The highest BCUT2D eigenvalue weighted by Gasteiger charge is 2.35. The van der Waals surface area contributed by atoms with Gasteiger partial charge in [-0.25, -0.2) is 8.78 Å². The van der Waals surface area contributed by atoms with Crippen LogP contribution in [-0.2, 0) is 6.42 Å². The number of ether oxygens (including phenoxy) is 1. The van der Waals surface area contributed by atoms with Gasteiger partial charge in [0, 0.05) is 23.8 Å². The van der Waals surface area contributed by atoms with Crippen molar-refractivity contribution >= 4 is 22.5 Å². The molecular formula is C29H35ClF2N2O2. The fraction of sp³-hybridized carbons (Fsp3) is 0.483. The minimum atomic E-state index is -1.25. The Balaban J connectivity index is 1.29. The van der Waals surface area contributed by atoms with Crippen molar-refractivity contribution < 1.29 is 18.6 Å². The highest BCUT2D eigenvalue weighted by Crippen LogP contribution is 2.41. The number of rotatable bonds is 11. The average Bonchev–Trinajstić information content (AvgIpc) is 2.91. The minimum Gasteiger partial charge on any atom is -0.497 e. The molecule has 2 aromatic carbocycles. The number of hydrogen-bond acceptors (Lipinski definition) is 4. The maximum absolute atomic E-state index is 15.6. The number of nitrogens with zero attached hydrogens (tertiary/aromatic N) is 2. The van der Waals surface area contributed by atoms with Gasteiger partial charge in [-0.05, 0) is 106 Å². The molecule has 1 atom stereocenters. The molecule has 1 saturated heterocycles. The number of methoxy groups -OCH3 is 1. The van der Waals surface area contributed by atoms with E-state index in [-0.39, 0.29) is 17.8 Å². The number of hydrogen-bond donors (Lipinski definition) is 1. The summed E-state index contributed by atoms with van der Waals surface area (Å²) in [7, 11) is 1.58. The first-order valence-electron chi connectivity index (χ1n) is 12.8. The highest BCUT2D eigenvalue weighted by molar-refractivity contribution is 6.32. The van der Waals surface area contributed by atoms with Gasteiger partial charge in [0.05, 0.1) is 17.6 Å². The van der Waals surface area contributed by atoms with Gasteiger partial charge in [-0.3, -0.25) is 4.98 Å². The third kappa shape index (κ3) is 6.53. The number of benzene rings is 2. The van der Waals surface area contributed by atoms with Gasteiger partial charge < -0.3 is 14.7 Å². The number of pyridine rings is 1. The standard InChI is InChI=1S/C29H35ClF2N2O2/c1-36-23-9-10-27-24(18-23)28(25(30)19-33-27)26(32)11-12-29(20-35)13-16-34(17-14-29)15-3-2-4-21-5-7-22(31)8-6-21/h5-10,18-19,26,35H,2-4,11-17,20H2,1H3/t26-/m0/s1. The van der Waals surface area contributed by atoms with E-state index in [2.05, 4.69) is 9.88 Å². The van der Waals surface area contributed by atoms with Crippen LogP contribution in [0.5, 0.6) is 5.75 Å². The lowest BCUT2D eigenvalue weighted by atomic mass is 9.74. The molecule has 0 saturated carbocycles. The molecule has 0 amide bonds. The fourth-order valence-electron chi connectivity index (χ4n) is 5.24. The number of aliphatic hydroxyl groups is 1. The molecule has 2 heterocycles. The second-order valence-electron chi connectivity index (χ2n) is 9.99. The molecule has 0 bridgehead atoms. The van der Waals surface area contributed by atoms with Crippen molar-refractivity contribution in [3.63, 3.8) is 0 Å². The summed E-state index contributed by atoms with van der Waals surface area (Å²) in [5.41, 5.74) is 2.03. The van der Waals surface area contributed by atoms with Crippen LogP contribution in [0.3, 0.4) is 0 Å². The van der Waals surface area contributed by atoms with Crippen LogP contribution in [0.15, 0.2) is 48.7 Å². The van der Waals surface area contributed by atoms with Crippen LogP contribution in [0.1, 0.15) is 55.8 Å². The first-order valence-corrected chi connectivity index (χ1v) is 13.1. The first-order chi connectivity index (χ1) is 17.4. The quantitative estimate of drug-likeness (QED) is 0.281. The fourth-order valence-corrected chi connectivity index (χ4v) is 5.51. The molecule has 1 aromatic heterocycles.